The zero-order valence-electron chi connectivity index (χ0n) is 19.5. The van der Waals surface area contributed by atoms with Crippen molar-refractivity contribution in [2.45, 2.75) is 56.1 Å². The van der Waals surface area contributed by atoms with Crippen LogP contribution in [0.1, 0.15) is 61.5 Å². The molecule has 1 unspecified atom stereocenters. The minimum atomic E-state index is -0.115. The molecule has 2 aliphatic carbocycles. The maximum Gasteiger partial charge on any atom is 0.233 e. The molecule has 1 aromatic heterocycles. The lowest BCUT2D eigenvalue weighted by Crippen LogP contribution is -2.34. The summed E-state index contributed by atoms with van der Waals surface area (Å²) in [5, 5.41) is 12.5. The van der Waals surface area contributed by atoms with E-state index in [2.05, 4.69) is 39.8 Å². The molecule has 34 heavy (non-hydrogen) atoms. The number of benzene rings is 2. The second-order valence-electron chi connectivity index (χ2n) is 9.08. The third-order valence-electron chi connectivity index (χ3n) is 6.55. The molecule has 176 valence electrons. The van der Waals surface area contributed by atoms with Crippen molar-refractivity contribution in [3.63, 3.8) is 0 Å². The average Bonchev–Trinajstić information content (AvgIpc) is 3.60. The monoisotopic (exact) mass is 475 g/mol. The van der Waals surface area contributed by atoms with Crippen molar-refractivity contribution < 1.29 is 9.59 Å². The maximum atomic E-state index is 13.2. The highest BCUT2D eigenvalue weighted by Crippen LogP contribution is 2.41. The van der Waals surface area contributed by atoms with Crippen LogP contribution in [0.5, 0.6) is 0 Å². The number of aryl methyl sites for hydroxylation is 1. The fourth-order valence-corrected chi connectivity index (χ4v) is 5.56. The standard InChI is InChI=1S/C26H29N5O2S/c1-17(32)27-20-9-6-10-21(15-20)31-25(19-13-14-19)28-29-26(31)34-16-24(33)30(2)23-12-5-8-18-7-3-4-11-22(18)23/h3-4,6-7,9-11,15,19,23H,5,8,12-14,16H2,1-2H3,(H,27,32). The molecule has 2 aromatic carbocycles. The molecule has 0 bridgehead atoms. The highest BCUT2D eigenvalue weighted by Gasteiger charge is 2.32. The Kier molecular flexibility index (Phi) is 6.41. The molecule has 0 radical (unpaired) electrons. The van der Waals surface area contributed by atoms with Crippen molar-refractivity contribution >= 4 is 29.3 Å². The van der Waals surface area contributed by atoms with Crippen LogP contribution >= 0.6 is 11.8 Å². The fourth-order valence-electron chi connectivity index (χ4n) is 4.68. The van der Waals surface area contributed by atoms with E-state index in [0.29, 0.717) is 16.8 Å². The number of hydrogen-bond acceptors (Lipinski definition) is 5. The molecule has 2 amide bonds. The molecule has 1 heterocycles. The number of amides is 2. The summed E-state index contributed by atoms with van der Waals surface area (Å²) in [4.78, 5) is 26.6. The Labute approximate surface area is 203 Å². The first-order valence-corrected chi connectivity index (χ1v) is 12.8. The molecule has 1 atom stereocenters. The topological polar surface area (TPSA) is 80.1 Å². The largest absolute Gasteiger partial charge is 0.338 e. The summed E-state index contributed by atoms with van der Waals surface area (Å²) in [6.45, 7) is 1.50. The van der Waals surface area contributed by atoms with Gasteiger partial charge in [-0.1, -0.05) is 42.1 Å². The molecular weight excluding hydrogens is 446 g/mol. The molecule has 0 spiro atoms. The van der Waals surface area contributed by atoms with Crippen LogP contribution in [0.15, 0.2) is 53.7 Å². The minimum absolute atomic E-state index is 0.0845. The fraction of sp³-hybridized carbons (Fsp3) is 0.385. The van der Waals surface area contributed by atoms with Crippen LogP contribution in [0.25, 0.3) is 5.69 Å². The van der Waals surface area contributed by atoms with E-state index in [9.17, 15) is 9.59 Å². The first-order chi connectivity index (χ1) is 16.5. The summed E-state index contributed by atoms with van der Waals surface area (Å²) in [6, 6.07) is 16.2. The Bertz CT molecular complexity index is 1220. The predicted molar refractivity (Wildman–Crippen MR) is 133 cm³/mol. The molecule has 0 aliphatic heterocycles. The van der Waals surface area contributed by atoms with Gasteiger partial charge in [-0.15, -0.1) is 10.2 Å². The summed E-state index contributed by atoms with van der Waals surface area (Å²) in [7, 11) is 1.91. The molecule has 8 heteroatoms. The van der Waals surface area contributed by atoms with Crippen molar-refractivity contribution in [2.75, 3.05) is 18.1 Å². The number of carbonyl (C=O) groups excluding carboxylic acids is 2. The Morgan fingerprint density at radius 2 is 1.94 bits per heavy atom. The summed E-state index contributed by atoms with van der Waals surface area (Å²) >= 11 is 1.42. The first kappa shape index (κ1) is 22.7. The van der Waals surface area contributed by atoms with E-state index < -0.39 is 0 Å². The van der Waals surface area contributed by atoms with Crippen LogP contribution in [0.4, 0.5) is 5.69 Å². The van der Waals surface area contributed by atoms with Gasteiger partial charge in [0.1, 0.15) is 5.82 Å². The predicted octanol–water partition coefficient (Wildman–Crippen LogP) is 4.73. The summed E-state index contributed by atoms with van der Waals surface area (Å²) < 4.78 is 2.04. The van der Waals surface area contributed by atoms with Gasteiger partial charge < -0.3 is 10.2 Å². The zero-order chi connectivity index (χ0) is 23.7. The molecular formula is C26H29N5O2S. The SMILES string of the molecule is CC(=O)Nc1cccc(-n2c(SCC(=O)N(C)C3CCCc4ccccc43)nnc2C2CC2)c1. The number of anilines is 1. The van der Waals surface area contributed by atoms with Crippen LogP contribution in [-0.4, -0.2) is 44.3 Å². The molecule has 0 saturated heterocycles. The lowest BCUT2D eigenvalue weighted by atomic mass is 9.87. The second-order valence-corrected chi connectivity index (χ2v) is 10.0. The molecule has 3 aromatic rings. The second kappa shape index (κ2) is 9.62. The molecule has 5 rings (SSSR count). The van der Waals surface area contributed by atoms with Crippen LogP contribution < -0.4 is 5.32 Å². The van der Waals surface area contributed by atoms with Gasteiger partial charge in [0.25, 0.3) is 0 Å². The summed E-state index contributed by atoms with van der Waals surface area (Å²) in [5.74, 6) is 1.58. The van der Waals surface area contributed by atoms with Gasteiger partial charge in [0.2, 0.25) is 11.8 Å². The third-order valence-corrected chi connectivity index (χ3v) is 7.46. The number of aromatic nitrogens is 3. The Morgan fingerprint density at radius 3 is 2.74 bits per heavy atom. The Morgan fingerprint density at radius 1 is 1.12 bits per heavy atom. The lowest BCUT2D eigenvalue weighted by Gasteiger charge is -2.33. The highest BCUT2D eigenvalue weighted by atomic mass is 32.2. The molecule has 7 nitrogen and oxygen atoms in total. The molecule has 1 fully saturated rings. The van der Waals surface area contributed by atoms with Gasteiger partial charge in [-0.25, -0.2) is 0 Å². The maximum absolute atomic E-state index is 13.2. The number of nitrogens with one attached hydrogen (secondary N) is 1. The van der Waals surface area contributed by atoms with Crippen LogP contribution in [-0.2, 0) is 16.0 Å². The normalized spacial score (nSPS) is 17.2. The van der Waals surface area contributed by atoms with Crippen molar-refractivity contribution in [1.82, 2.24) is 19.7 Å². The Hall–Kier alpha value is -3.13. The number of thioether (sulfide) groups is 1. The summed E-state index contributed by atoms with van der Waals surface area (Å²) in [6.07, 6.45) is 5.35. The van der Waals surface area contributed by atoms with E-state index in [0.717, 1.165) is 49.3 Å². The van der Waals surface area contributed by atoms with Gasteiger partial charge >= 0.3 is 0 Å². The van der Waals surface area contributed by atoms with Gasteiger partial charge in [0.05, 0.1) is 17.5 Å². The van der Waals surface area contributed by atoms with Crippen molar-refractivity contribution in [3.8, 4) is 5.69 Å². The quantitative estimate of drug-likeness (QED) is 0.500. The van der Waals surface area contributed by atoms with Crippen molar-refractivity contribution in [1.29, 1.82) is 0 Å². The van der Waals surface area contributed by atoms with Gasteiger partial charge in [-0.2, -0.15) is 0 Å². The van der Waals surface area contributed by atoms with Crippen LogP contribution in [0, 0.1) is 0 Å². The van der Waals surface area contributed by atoms with Gasteiger partial charge in [-0.05, 0) is 61.4 Å². The minimum Gasteiger partial charge on any atom is -0.338 e. The Balaban J connectivity index is 1.35. The van der Waals surface area contributed by atoms with E-state index >= 15 is 0 Å². The molecule has 1 N–H and O–H groups in total. The average molecular weight is 476 g/mol. The number of nitrogens with zero attached hydrogens (tertiary/aromatic N) is 4. The molecule has 2 aliphatic rings. The number of hydrogen-bond donors (Lipinski definition) is 1. The smallest absolute Gasteiger partial charge is 0.233 e. The van der Waals surface area contributed by atoms with Gasteiger partial charge in [0.15, 0.2) is 5.16 Å². The van der Waals surface area contributed by atoms with E-state index in [1.165, 1.54) is 29.8 Å². The summed E-state index contributed by atoms with van der Waals surface area (Å²) in [5.41, 5.74) is 4.23. The van der Waals surface area contributed by atoms with E-state index in [-0.39, 0.29) is 17.9 Å². The molecule has 1 saturated carbocycles. The number of carbonyl (C=O) groups is 2. The van der Waals surface area contributed by atoms with Crippen molar-refractivity contribution in [2.24, 2.45) is 0 Å². The number of fused-ring (bicyclic) bond motifs is 1. The van der Waals surface area contributed by atoms with Crippen LogP contribution in [0.2, 0.25) is 0 Å². The van der Waals surface area contributed by atoms with E-state index in [1.54, 1.807) is 0 Å². The first-order valence-electron chi connectivity index (χ1n) is 11.8. The zero-order valence-corrected chi connectivity index (χ0v) is 20.3. The van der Waals surface area contributed by atoms with E-state index in [1.807, 2.05) is 40.8 Å². The number of rotatable bonds is 7. The highest BCUT2D eigenvalue weighted by molar-refractivity contribution is 7.99. The third kappa shape index (κ3) is 4.73. The van der Waals surface area contributed by atoms with Gasteiger partial charge in [0, 0.05) is 25.6 Å². The van der Waals surface area contributed by atoms with Crippen molar-refractivity contribution in [3.05, 3.63) is 65.5 Å². The van der Waals surface area contributed by atoms with E-state index in [4.69, 9.17) is 0 Å². The lowest BCUT2D eigenvalue weighted by molar-refractivity contribution is -0.129. The van der Waals surface area contributed by atoms with Crippen LogP contribution in [0.3, 0.4) is 0 Å². The van der Waals surface area contributed by atoms with Gasteiger partial charge in [-0.3, -0.25) is 14.2 Å².